The van der Waals surface area contributed by atoms with E-state index in [2.05, 4.69) is 0 Å². The van der Waals surface area contributed by atoms with Gasteiger partial charge in [-0.2, -0.15) is 0 Å². The van der Waals surface area contributed by atoms with Crippen LogP contribution in [0.25, 0.3) is 0 Å². The highest BCUT2D eigenvalue weighted by molar-refractivity contribution is 5.89. The summed E-state index contributed by atoms with van der Waals surface area (Å²) in [6, 6.07) is 0. The summed E-state index contributed by atoms with van der Waals surface area (Å²) in [5.41, 5.74) is -2.07. The Morgan fingerprint density at radius 1 is 0.682 bits per heavy atom. The topological polar surface area (TPSA) is 127 Å². The van der Waals surface area contributed by atoms with E-state index in [1.54, 1.807) is 0 Å². The molecule has 0 aliphatic rings. The molecule has 2 atom stereocenters. The number of aliphatic carboxylic acids is 2. The lowest BCUT2D eigenvalue weighted by molar-refractivity contribution is -0.193. The van der Waals surface area contributed by atoms with Crippen LogP contribution < -0.4 is 0 Å². The number of esters is 2. The first kappa shape index (κ1) is 19.9. The Labute approximate surface area is 128 Å². The van der Waals surface area contributed by atoms with Gasteiger partial charge in [0.2, 0.25) is 12.2 Å². The van der Waals surface area contributed by atoms with Gasteiger partial charge in [0.25, 0.3) is 0 Å². The van der Waals surface area contributed by atoms with Crippen molar-refractivity contribution in [3.8, 4) is 0 Å². The third kappa shape index (κ3) is 5.71. The van der Waals surface area contributed by atoms with Gasteiger partial charge in [-0.05, 0) is 41.5 Å². The maximum absolute atomic E-state index is 11.8. The smallest absolute Gasteiger partial charge is 0.349 e. The Balaban J connectivity index is 5.39. The summed E-state index contributed by atoms with van der Waals surface area (Å²) in [4.78, 5) is 46.0. The number of hydrogen-bond donors (Lipinski definition) is 2. The molecule has 0 rings (SSSR count). The van der Waals surface area contributed by atoms with Crippen LogP contribution in [0, 0.1) is 10.8 Å². The molecule has 0 saturated heterocycles. The zero-order chi connectivity index (χ0) is 17.9. The van der Waals surface area contributed by atoms with Crippen LogP contribution in [-0.2, 0) is 28.7 Å². The van der Waals surface area contributed by atoms with Gasteiger partial charge in [0.05, 0.1) is 10.8 Å². The minimum atomic E-state index is -2.13. The van der Waals surface area contributed by atoms with Crippen LogP contribution in [-0.4, -0.2) is 46.3 Å². The highest BCUT2D eigenvalue weighted by atomic mass is 16.6. The molecule has 0 aromatic heterocycles. The van der Waals surface area contributed by atoms with Gasteiger partial charge < -0.3 is 19.7 Å². The van der Waals surface area contributed by atoms with E-state index in [0.717, 1.165) is 0 Å². The second-order valence-electron chi connectivity index (χ2n) is 6.83. The molecule has 0 fully saturated rings. The molecule has 0 aromatic rings. The summed E-state index contributed by atoms with van der Waals surface area (Å²) in [7, 11) is 0. The van der Waals surface area contributed by atoms with Crippen molar-refractivity contribution in [3.63, 3.8) is 0 Å². The van der Waals surface area contributed by atoms with Crippen molar-refractivity contribution in [2.45, 2.75) is 53.8 Å². The van der Waals surface area contributed by atoms with Crippen LogP contribution in [0.4, 0.5) is 0 Å². The Hall–Kier alpha value is -2.12. The van der Waals surface area contributed by atoms with Crippen LogP contribution >= 0.6 is 0 Å². The molecule has 0 bridgehead atoms. The normalized spacial score (nSPS) is 14.6. The second kappa shape index (κ2) is 6.76. The summed E-state index contributed by atoms with van der Waals surface area (Å²) in [5, 5.41) is 18.2. The van der Waals surface area contributed by atoms with E-state index in [4.69, 9.17) is 19.7 Å². The number of carboxylic acid groups (broad SMARTS) is 2. The maximum Gasteiger partial charge on any atom is 0.349 e. The third-order valence-corrected chi connectivity index (χ3v) is 2.45. The first-order chi connectivity index (χ1) is 9.67. The van der Waals surface area contributed by atoms with E-state index in [9.17, 15) is 19.2 Å². The summed E-state index contributed by atoms with van der Waals surface area (Å²) < 4.78 is 9.43. The van der Waals surface area contributed by atoms with Gasteiger partial charge in [-0.15, -0.1) is 0 Å². The quantitative estimate of drug-likeness (QED) is 0.721. The summed E-state index contributed by atoms with van der Waals surface area (Å²) in [6.07, 6.45) is -4.26. The van der Waals surface area contributed by atoms with Gasteiger partial charge in [-0.1, -0.05) is 0 Å². The van der Waals surface area contributed by atoms with Gasteiger partial charge in [-0.3, -0.25) is 9.59 Å². The van der Waals surface area contributed by atoms with E-state index in [1.807, 2.05) is 0 Å². The predicted molar refractivity (Wildman–Crippen MR) is 73.9 cm³/mol. The summed E-state index contributed by atoms with van der Waals surface area (Å²) in [5.74, 6) is -5.27. The molecule has 0 aliphatic heterocycles. The SMILES string of the molecule is CC(C)(C)C(=O)O[C@H](C(=O)O)[C@@H](OC(=O)C(C)(C)C)C(=O)O. The average molecular weight is 318 g/mol. The highest BCUT2D eigenvalue weighted by Gasteiger charge is 2.43. The molecule has 0 heterocycles. The molecular weight excluding hydrogens is 296 g/mol. The first-order valence-corrected chi connectivity index (χ1v) is 6.55. The molecule has 22 heavy (non-hydrogen) atoms. The minimum absolute atomic E-state index is 0.919. The molecule has 0 aromatic carbocycles. The number of rotatable bonds is 5. The Morgan fingerprint density at radius 3 is 1.05 bits per heavy atom. The van der Waals surface area contributed by atoms with Gasteiger partial charge >= 0.3 is 23.9 Å². The van der Waals surface area contributed by atoms with Crippen molar-refractivity contribution in [2.24, 2.45) is 10.8 Å². The average Bonchev–Trinajstić information content (AvgIpc) is 2.29. The van der Waals surface area contributed by atoms with E-state index >= 15 is 0 Å². The van der Waals surface area contributed by atoms with Gasteiger partial charge in [0.1, 0.15) is 0 Å². The molecule has 0 spiro atoms. The number of carbonyl (C=O) groups excluding carboxylic acids is 2. The van der Waals surface area contributed by atoms with E-state index < -0.39 is 46.9 Å². The van der Waals surface area contributed by atoms with Crippen molar-refractivity contribution < 1.29 is 38.9 Å². The van der Waals surface area contributed by atoms with Crippen LogP contribution in [0.15, 0.2) is 0 Å². The van der Waals surface area contributed by atoms with Crippen LogP contribution in [0.3, 0.4) is 0 Å². The molecule has 8 nitrogen and oxygen atoms in total. The molecule has 0 unspecified atom stereocenters. The molecular formula is C14H22O8. The zero-order valence-corrected chi connectivity index (χ0v) is 13.5. The van der Waals surface area contributed by atoms with Crippen LogP contribution in [0.5, 0.6) is 0 Å². The number of hydrogen-bond acceptors (Lipinski definition) is 6. The van der Waals surface area contributed by atoms with E-state index in [0.29, 0.717) is 0 Å². The van der Waals surface area contributed by atoms with Gasteiger partial charge in [0, 0.05) is 0 Å². The van der Waals surface area contributed by atoms with Crippen LogP contribution in [0.2, 0.25) is 0 Å². The standard InChI is InChI=1S/C14H22O8/c1-13(2,3)11(19)21-7(9(15)16)8(10(17)18)22-12(20)14(4,5)6/h7-8H,1-6H3,(H,15,16)(H,17,18)/t7-,8+. The molecule has 0 saturated carbocycles. The lowest BCUT2D eigenvalue weighted by Crippen LogP contribution is -2.48. The molecule has 0 amide bonds. The van der Waals surface area contributed by atoms with Crippen molar-refractivity contribution in [1.29, 1.82) is 0 Å². The number of ether oxygens (including phenoxy) is 2. The lowest BCUT2D eigenvalue weighted by atomic mass is 9.96. The Morgan fingerprint density at radius 2 is 0.909 bits per heavy atom. The molecule has 2 N–H and O–H groups in total. The minimum Gasteiger partial charge on any atom is -0.478 e. The highest BCUT2D eigenvalue weighted by Crippen LogP contribution is 2.21. The molecule has 0 radical (unpaired) electrons. The predicted octanol–water partition coefficient (Wildman–Crippen LogP) is 1.07. The van der Waals surface area contributed by atoms with Crippen molar-refractivity contribution >= 4 is 23.9 Å². The monoisotopic (exact) mass is 318 g/mol. The summed E-state index contributed by atoms with van der Waals surface area (Å²) in [6.45, 7) is 8.86. The van der Waals surface area contributed by atoms with Crippen molar-refractivity contribution in [1.82, 2.24) is 0 Å². The zero-order valence-electron chi connectivity index (χ0n) is 13.5. The van der Waals surface area contributed by atoms with E-state index in [-0.39, 0.29) is 0 Å². The first-order valence-electron chi connectivity index (χ1n) is 6.55. The molecule has 8 heteroatoms. The summed E-state index contributed by atoms with van der Waals surface area (Å²) >= 11 is 0. The van der Waals surface area contributed by atoms with E-state index in [1.165, 1.54) is 41.5 Å². The third-order valence-electron chi connectivity index (χ3n) is 2.45. The van der Waals surface area contributed by atoms with Gasteiger partial charge in [0.15, 0.2) is 0 Å². The second-order valence-corrected chi connectivity index (χ2v) is 6.83. The molecule has 0 aliphatic carbocycles. The van der Waals surface area contributed by atoms with Crippen molar-refractivity contribution in [3.05, 3.63) is 0 Å². The van der Waals surface area contributed by atoms with Gasteiger partial charge in [-0.25, -0.2) is 9.59 Å². The largest absolute Gasteiger partial charge is 0.478 e. The number of carbonyl (C=O) groups is 4. The Bertz CT molecular complexity index is 422. The van der Waals surface area contributed by atoms with Crippen molar-refractivity contribution in [2.75, 3.05) is 0 Å². The lowest BCUT2D eigenvalue weighted by Gasteiger charge is -2.26. The van der Waals surface area contributed by atoms with Crippen LogP contribution in [0.1, 0.15) is 41.5 Å². The Kier molecular flexibility index (Phi) is 6.11. The maximum atomic E-state index is 11.8. The fourth-order valence-corrected chi connectivity index (χ4v) is 1.07. The number of carboxylic acids is 2. The fraction of sp³-hybridized carbons (Fsp3) is 0.714. The fourth-order valence-electron chi connectivity index (χ4n) is 1.07. The molecule has 126 valence electrons.